The minimum absolute atomic E-state index is 0.551. The summed E-state index contributed by atoms with van der Waals surface area (Å²) in [5.74, 6) is 0. The van der Waals surface area contributed by atoms with Gasteiger partial charge in [-0.05, 0) is 50.6 Å². The van der Waals surface area contributed by atoms with Crippen LogP contribution < -0.4 is 0 Å². The van der Waals surface area contributed by atoms with Crippen LogP contribution in [-0.2, 0) is 0 Å². The summed E-state index contributed by atoms with van der Waals surface area (Å²) in [7, 11) is 0. The van der Waals surface area contributed by atoms with Crippen LogP contribution in [0.4, 0.5) is 0 Å². The van der Waals surface area contributed by atoms with Crippen molar-refractivity contribution in [3.8, 4) is 0 Å². The first-order valence-corrected chi connectivity index (χ1v) is 7.06. The molecule has 1 aliphatic heterocycles. The molecule has 0 radical (unpaired) electrons. The molecule has 16 heavy (non-hydrogen) atoms. The van der Waals surface area contributed by atoms with E-state index in [1.807, 2.05) is 0 Å². The smallest absolute Gasteiger partial charge is 0.0320 e. The van der Waals surface area contributed by atoms with Gasteiger partial charge in [-0.25, -0.2) is 0 Å². The molecule has 1 fully saturated rings. The molecule has 1 aromatic rings. The van der Waals surface area contributed by atoms with E-state index in [0.717, 1.165) is 0 Å². The van der Waals surface area contributed by atoms with Gasteiger partial charge < -0.3 is 0 Å². The number of hydrogen-bond acceptors (Lipinski definition) is 1. The van der Waals surface area contributed by atoms with Crippen LogP contribution in [0.1, 0.15) is 44.2 Å². The molecule has 1 unspecified atom stereocenters. The second-order valence-electron chi connectivity index (χ2n) is 4.68. The van der Waals surface area contributed by atoms with Gasteiger partial charge in [-0.2, -0.15) is 0 Å². The average molecular weight is 282 g/mol. The largest absolute Gasteiger partial charge is 0.297 e. The molecule has 2 rings (SSSR count). The fourth-order valence-corrected chi connectivity index (χ4v) is 2.88. The summed E-state index contributed by atoms with van der Waals surface area (Å²) in [6, 6.07) is 9.26. The molecule has 1 heterocycles. The van der Waals surface area contributed by atoms with Gasteiger partial charge in [-0.15, -0.1) is 0 Å². The zero-order valence-corrected chi connectivity index (χ0v) is 11.5. The van der Waals surface area contributed by atoms with Crippen molar-refractivity contribution in [1.29, 1.82) is 0 Å². The first-order valence-electron chi connectivity index (χ1n) is 6.27. The van der Waals surface area contributed by atoms with Gasteiger partial charge in [0.2, 0.25) is 0 Å². The molecule has 0 aliphatic carbocycles. The van der Waals surface area contributed by atoms with Gasteiger partial charge >= 0.3 is 0 Å². The van der Waals surface area contributed by atoms with E-state index < -0.39 is 0 Å². The molecule has 1 atom stereocenters. The van der Waals surface area contributed by atoms with E-state index >= 15 is 0 Å². The van der Waals surface area contributed by atoms with Gasteiger partial charge in [0.1, 0.15) is 0 Å². The molecule has 88 valence electrons. The molecular weight excluding hydrogens is 262 g/mol. The minimum Gasteiger partial charge on any atom is -0.297 e. The van der Waals surface area contributed by atoms with Gasteiger partial charge in [0.05, 0.1) is 0 Å². The molecule has 0 bridgehead atoms. The number of halogens is 1. The molecular formula is C14H20BrN. The van der Waals surface area contributed by atoms with Gasteiger partial charge in [-0.3, -0.25) is 4.90 Å². The van der Waals surface area contributed by atoms with Crippen LogP contribution >= 0.6 is 15.9 Å². The van der Waals surface area contributed by atoms with E-state index in [0.29, 0.717) is 6.04 Å². The number of nitrogens with zero attached hydrogens (tertiary/aromatic N) is 1. The Kier molecular flexibility index (Phi) is 4.42. The molecule has 0 amide bonds. The summed E-state index contributed by atoms with van der Waals surface area (Å²) in [4.78, 5) is 2.62. The maximum absolute atomic E-state index is 3.55. The molecule has 1 saturated heterocycles. The molecule has 0 aromatic heterocycles. The van der Waals surface area contributed by atoms with Crippen molar-refractivity contribution >= 4 is 15.9 Å². The van der Waals surface area contributed by atoms with Crippen molar-refractivity contribution in [3.05, 3.63) is 34.3 Å². The average Bonchev–Trinajstić information content (AvgIpc) is 2.56. The Labute approximate surface area is 107 Å². The lowest BCUT2D eigenvalue weighted by atomic mass is 10.1. The van der Waals surface area contributed by atoms with Gasteiger partial charge in [0.15, 0.2) is 0 Å². The van der Waals surface area contributed by atoms with E-state index in [9.17, 15) is 0 Å². The lowest BCUT2D eigenvalue weighted by Crippen LogP contribution is -2.27. The summed E-state index contributed by atoms with van der Waals surface area (Å²) in [6.07, 6.45) is 5.53. The predicted molar refractivity (Wildman–Crippen MR) is 72.6 cm³/mol. The molecule has 0 spiro atoms. The monoisotopic (exact) mass is 281 g/mol. The minimum atomic E-state index is 0.551. The van der Waals surface area contributed by atoms with Crippen LogP contribution in [0.25, 0.3) is 0 Å². The molecule has 1 nitrogen and oxygen atoms in total. The van der Waals surface area contributed by atoms with Crippen LogP contribution in [0.3, 0.4) is 0 Å². The summed E-state index contributed by atoms with van der Waals surface area (Å²) in [6.45, 7) is 4.84. The third kappa shape index (κ3) is 3.08. The fourth-order valence-electron chi connectivity index (χ4n) is 2.46. The maximum Gasteiger partial charge on any atom is 0.0320 e. The second kappa shape index (κ2) is 5.83. The summed E-state index contributed by atoms with van der Waals surface area (Å²) >= 11 is 3.55. The van der Waals surface area contributed by atoms with Crippen LogP contribution in [0.2, 0.25) is 0 Å². The number of benzene rings is 1. The Bertz CT molecular complexity index is 329. The Balaban J connectivity index is 2.07. The van der Waals surface area contributed by atoms with Crippen molar-refractivity contribution in [1.82, 2.24) is 4.90 Å². The molecule has 0 saturated carbocycles. The predicted octanol–water partition coefficient (Wildman–Crippen LogP) is 4.39. The van der Waals surface area contributed by atoms with E-state index in [4.69, 9.17) is 0 Å². The van der Waals surface area contributed by atoms with Gasteiger partial charge in [0.25, 0.3) is 0 Å². The van der Waals surface area contributed by atoms with Gasteiger partial charge in [-0.1, -0.05) is 40.9 Å². The zero-order chi connectivity index (χ0) is 11.4. The van der Waals surface area contributed by atoms with Crippen LogP contribution in [-0.4, -0.2) is 18.0 Å². The standard InChI is InChI=1S/C14H20BrN/c1-12(13-7-6-8-14(15)11-13)16-9-4-2-3-5-10-16/h6-8,11-12H,2-5,9-10H2,1H3. The summed E-state index contributed by atoms with van der Waals surface area (Å²) < 4.78 is 1.19. The maximum atomic E-state index is 3.55. The van der Waals surface area contributed by atoms with E-state index in [-0.39, 0.29) is 0 Å². The lowest BCUT2D eigenvalue weighted by Gasteiger charge is -2.28. The number of likely N-dealkylation sites (tertiary alicyclic amines) is 1. The highest BCUT2D eigenvalue weighted by Crippen LogP contribution is 2.25. The van der Waals surface area contributed by atoms with E-state index in [1.165, 1.54) is 48.8 Å². The first kappa shape index (κ1) is 12.1. The van der Waals surface area contributed by atoms with Crippen molar-refractivity contribution < 1.29 is 0 Å². The molecule has 1 aromatic carbocycles. The Morgan fingerprint density at radius 3 is 2.44 bits per heavy atom. The highest BCUT2D eigenvalue weighted by Gasteiger charge is 2.16. The van der Waals surface area contributed by atoms with E-state index in [2.05, 4.69) is 52.0 Å². The van der Waals surface area contributed by atoms with Crippen LogP contribution in [0, 0.1) is 0 Å². The van der Waals surface area contributed by atoms with Gasteiger partial charge in [0, 0.05) is 10.5 Å². The third-order valence-electron chi connectivity index (χ3n) is 3.52. The first-order chi connectivity index (χ1) is 7.77. The molecule has 2 heteroatoms. The zero-order valence-electron chi connectivity index (χ0n) is 9.95. The fraction of sp³-hybridized carbons (Fsp3) is 0.571. The number of hydrogen-bond donors (Lipinski definition) is 0. The second-order valence-corrected chi connectivity index (χ2v) is 5.60. The Morgan fingerprint density at radius 1 is 1.12 bits per heavy atom. The van der Waals surface area contributed by atoms with Crippen LogP contribution in [0.5, 0.6) is 0 Å². The molecule has 1 aliphatic rings. The van der Waals surface area contributed by atoms with Crippen molar-refractivity contribution in [3.63, 3.8) is 0 Å². The van der Waals surface area contributed by atoms with E-state index in [1.54, 1.807) is 0 Å². The Morgan fingerprint density at radius 2 is 1.81 bits per heavy atom. The Hall–Kier alpha value is -0.340. The van der Waals surface area contributed by atoms with Crippen molar-refractivity contribution in [2.24, 2.45) is 0 Å². The quantitative estimate of drug-likeness (QED) is 0.777. The third-order valence-corrected chi connectivity index (χ3v) is 4.01. The van der Waals surface area contributed by atoms with Crippen LogP contribution in [0.15, 0.2) is 28.7 Å². The lowest BCUT2D eigenvalue weighted by molar-refractivity contribution is 0.219. The summed E-state index contributed by atoms with van der Waals surface area (Å²) in [5.41, 5.74) is 1.43. The molecule has 0 N–H and O–H groups in total. The summed E-state index contributed by atoms with van der Waals surface area (Å²) in [5, 5.41) is 0. The van der Waals surface area contributed by atoms with Crippen molar-refractivity contribution in [2.75, 3.05) is 13.1 Å². The topological polar surface area (TPSA) is 3.24 Å². The normalized spacial score (nSPS) is 20.4. The number of rotatable bonds is 2. The highest BCUT2D eigenvalue weighted by atomic mass is 79.9. The SMILES string of the molecule is CC(c1cccc(Br)c1)N1CCCCCC1. The van der Waals surface area contributed by atoms with Crippen molar-refractivity contribution in [2.45, 2.75) is 38.6 Å². The highest BCUT2D eigenvalue weighted by molar-refractivity contribution is 9.10.